The first-order valence-electron chi connectivity index (χ1n) is 16.9. The number of aromatic hydroxyl groups is 1. The summed E-state index contributed by atoms with van der Waals surface area (Å²) in [7, 11) is 3.01. The van der Waals surface area contributed by atoms with Crippen LogP contribution < -0.4 is 19.8 Å². The van der Waals surface area contributed by atoms with Crippen LogP contribution in [0, 0.1) is 23.7 Å². The van der Waals surface area contributed by atoms with Gasteiger partial charge >= 0.3 is 0 Å². The van der Waals surface area contributed by atoms with Crippen LogP contribution in [-0.2, 0) is 24.6 Å². The molecule has 4 amide bonds. The quantitative estimate of drug-likeness (QED) is 0.146. The van der Waals surface area contributed by atoms with Crippen molar-refractivity contribution in [2.24, 2.45) is 23.7 Å². The van der Waals surface area contributed by atoms with Gasteiger partial charge in [0.2, 0.25) is 11.8 Å². The van der Waals surface area contributed by atoms with Crippen molar-refractivity contribution in [1.29, 1.82) is 0 Å². The van der Waals surface area contributed by atoms with Gasteiger partial charge in [0, 0.05) is 27.6 Å². The zero-order chi connectivity index (χ0) is 37.3. The van der Waals surface area contributed by atoms with Crippen molar-refractivity contribution in [3.05, 3.63) is 123 Å². The molecule has 3 fully saturated rings. The van der Waals surface area contributed by atoms with Crippen LogP contribution in [0.25, 0.3) is 0 Å². The number of nitrogens with one attached hydrogen (secondary N) is 1. The Kier molecular flexibility index (Phi) is 8.67. The first kappa shape index (κ1) is 35.0. The number of ether oxygens (including phenoxy) is 2. The summed E-state index contributed by atoms with van der Waals surface area (Å²) in [6.45, 7) is 0. The molecule has 0 aromatic heterocycles. The largest absolute Gasteiger partial charge is 0.508 e. The fourth-order valence-electron chi connectivity index (χ4n) is 8.93. The van der Waals surface area contributed by atoms with Crippen LogP contribution in [0.3, 0.4) is 0 Å². The number of allylic oxidation sites excluding steroid dienone is 2. The van der Waals surface area contributed by atoms with E-state index in [1.165, 1.54) is 31.3 Å². The number of methoxy groups -OCH3 is 2. The highest BCUT2D eigenvalue weighted by Crippen LogP contribution is 2.65. The summed E-state index contributed by atoms with van der Waals surface area (Å²) in [6.07, 6.45) is 2.20. The maximum absolute atomic E-state index is 15.4. The lowest BCUT2D eigenvalue weighted by Crippen LogP contribution is -2.53. The second-order valence-corrected chi connectivity index (χ2v) is 14.9. The smallest absolute Gasteiger partial charge is 0.260 e. The summed E-state index contributed by atoms with van der Waals surface area (Å²) in [4.78, 5) is 60.0. The van der Waals surface area contributed by atoms with Crippen molar-refractivity contribution < 1.29 is 33.8 Å². The van der Waals surface area contributed by atoms with Crippen molar-refractivity contribution in [2.75, 3.05) is 24.5 Å². The highest BCUT2D eigenvalue weighted by atomic mass is 35.5. The van der Waals surface area contributed by atoms with Gasteiger partial charge in [-0.2, -0.15) is 5.01 Å². The minimum Gasteiger partial charge on any atom is -0.508 e. The second-order valence-electron chi connectivity index (χ2n) is 13.6. The Bertz CT molecular complexity index is 2230. The number of hydrogen-bond acceptors (Lipinski definition) is 8. The SMILES string of the molecule is COc1ccc([C@@]23C(=O)N(Nc4ccc(Cl)cc4Cl)C(=O)[C@@H]2C[C@@H]2C(=CC[C@@H]4C(=O)N(c5ccc(Cl)cc5)C(=O)[C@@H]42)[C@@H]3c2ccc(OC)cc2O)cc1. The van der Waals surface area contributed by atoms with Gasteiger partial charge in [-0.25, -0.2) is 0 Å². The van der Waals surface area contributed by atoms with Gasteiger partial charge < -0.3 is 14.6 Å². The van der Waals surface area contributed by atoms with Crippen molar-refractivity contribution in [3.63, 3.8) is 0 Å². The molecule has 0 bridgehead atoms. The highest BCUT2D eigenvalue weighted by molar-refractivity contribution is 6.36. The lowest BCUT2D eigenvalue weighted by molar-refractivity contribution is -0.138. The van der Waals surface area contributed by atoms with Crippen LogP contribution in [0.5, 0.6) is 17.2 Å². The molecule has 53 heavy (non-hydrogen) atoms. The summed E-state index contributed by atoms with van der Waals surface area (Å²) in [5.41, 5.74) is 3.57. The number of halogens is 3. The third kappa shape index (κ3) is 5.29. The molecular formula is C40H32Cl3N3O7. The Morgan fingerprint density at radius 2 is 1.45 bits per heavy atom. The number of phenols is 1. The Morgan fingerprint density at radius 1 is 0.774 bits per heavy atom. The van der Waals surface area contributed by atoms with Gasteiger partial charge in [0.1, 0.15) is 17.2 Å². The van der Waals surface area contributed by atoms with Crippen molar-refractivity contribution >= 4 is 69.8 Å². The third-order valence-corrected chi connectivity index (χ3v) is 12.0. The number of carbonyl (C=O) groups is 4. The predicted octanol–water partition coefficient (Wildman–Crippen LogP) is 7.56. The van der Waals surface area contributed by atoms with E-state index >= 15 is 4.79 Å². The molecule has 0 unspecified atom stereocenters. The number of anilines is 2. The molecule has 8 rings (SSSR count). The minimum absolute atomic E-state index is 0.0665. The van der Waals surface area contributed by atoms with Crippen LogP contribution in [0.15, 0.2) is 96.6 Å². The van der Waals surface area contributed by atoms with Crippen molar-refractivity contribution in [2.45, 2.75) is 24.2 Å². The van der Waals surface area contributed by atoms with E-state index in [-0.39, 0.29) is 35.2 Å². The molecule has 2 heterocycles. The van der Waals surface area contributed by atoms with Crippen LogP contribution in [0.1, 0.15) is 29.9 Å². The molecule has 2 saturated heterocycles. The summed E-state index contributed by atoms with van der Waals surface area (Å²) in [5.74, 6) is -5.28. The molecule has 0 spiro atoms. The molecule has 4 aromatic rings. The molecule has 6 atom stereocenters. The minimum atomic E-state index is -1.63. The van der Waals surface area contributed by atoms with Crippen LogP contribution in [0.4, 0.5) is 11.4 Å². The Labute approximate surface area is 319 Å². The number of amides is 4. The zero-order valence-corrected chi connectivity index (χ0v) is 30.7. The van der Waals surface area contributed by atoms with Crippen molar-refractivity contribution in [1.82, 2.24) is 5.01 Å². The number of fused-ring (bicyclic) bond motifs is 4. The van der Waals surface area contributed by atoms with Crippen molar-refractivity contribution in [3.8, 4) is 17.2 Å². The Morgan fingerprint density at radius 3 is 2.11 bits per heavy atom. The van der Waals surface area contributed by atoms with E-state index in [0.717, 1.165) is 5.01 Å². The van der Waals surface area contributed by atoms with Crippen LogP contribution in [0.2, 0.25) is 15.1 Å². The van der Waals surface area contributed by atoms with E-state index in [1.54, 1.807) is 72.8 Å². The molecule has 13 heteroatoms. The van der Waals surface area contributed by atoms with Gasteiger partial charge in [0.15, 0.2) is 0 Å². The molecular weight excluding hydrogens is 741 g/mol. The number of phenolic OH excluding ortho intramolecular Hbond substituents is 1. The number of benzene rings is 4. The van der Waals surface area contributed by atoms with E-state index in [2.05, 4.69) is 5.43 Å². The van der Waals surface area contributed by atoms with E-state index in [1.807, 2.05) is 6.08 Å². The number of nitrogens with zero attached hydrogens (tertiary/aromatic N) is 2. The number of carbonyl (C=O) groups excluding carboxylic acids is 4. The maximum atomic E-state index is 15.4. The van der Waals surface area contributed by atoms with Gasteiger partial charge in [-0.05, 0) is 85.0 Å². The molecule has 2 aliphatic heterocycles. The van der Waals surface area contributed by atoms with E-state index in [9.17, 15) is 19.5 Å². The Balaban J connectivity index is 1.34. The molecule has 4 aromatic carbocycles. The van der Waals surface area contributed by atoms with Crippen LogP contribution >= 0.6 is 34.8 Å². The normalized spacial score (nSPS) is 26.2. The highest BCUT2D eigenvalue weighted by Gasteiger charge is 2.70. The monoisotopic (exact) mass is 771 g/mol. The Hall–Kier alpha value is -5.03. The molecule has 4 aliphatic rings. The van der Waals surface area contributed by atoms with Crippen LogP contribution in [-0.4, -0.2) is 48.0 Å². The number of hydrogen-bond donors (Lipinski definition) is 2. The number of hydrazine groups is 1. The molecule has 10 nitrogen and oxygen atoms in total. The number of imide groups is 2. The molecule has 2 N–H and O–H groups in total. The maximum Gasteiger partial charge on any atom is 0.260 e. The van der Waals surface area contributed by atoms with Gasteiger partial charge in [0.05, 0.1) is 53.8 Å². The lowest BCUT2D eigenvalue weighted by atomic mass is 9.49. The van der Waals surface area contributed by atoms with Gasteiger partial charge in [-0.1, -0.05) is 64.7 Å². The average molecular weight is 773 g/mol. The predicted molar refractivity (Wildman–Crippen MR) is 199 cm³/mol. The molecule has 1 saturated carbocycles. The fraction of sp³-hybridized carbons (Fsp3) is 0.250. The van der Waals surface area contributed by atoms with Gasteiger partial charge in [-0.15, -0.1) is 0 Å². The molecule has 0 radical (unpaired) electrons. The summed E-state index contributed by atoms with van der Waals surface area (Å²) >= 11 is 18.8. The summed E-state index contributed by atoms with van der Waals surface area (Å²) in [5, 5.41) is 13.7. The van der Waals surface area contributed by atoms with E-state index in [4.69, 9.17) is 44.3 Å². The topological polar surface area (TPSA) is 125 Å². The van der Waals surface area contributed by atoms with Gasteiger partial charge in [0.25, 0.3) is 11.8 Å². The number of rotatable bonds is 7. The van der Waals surface area contributed by atoms with E-state index < -0.39 is 52.7 Å². The average Bonchev–Trinajstić information content (AvgIpc) is 3.53. The standard InChI is InChI=1S/C40H32Cl3N3O7/c1-52-24-10-3-20(4-11-24)40-30(37(49)46(39(40)51)44-32-16-7-22(42)17-31(32)43)19-29-26(35(40)27-13-12-25(53-2)18-33(27)47)14-15-28-34(29)38(50)45(36(28)48)23-8-5-21(41)6-9-23/h3-14,16-18,28-30,34-35,44,47H,15,19H2,1-2H3/t28-,29+,30-,34-,35+,40+/m0/s1. The molecule has 270 valence electrons. The first-order valence-corrected chi connectivity index (χ1v) is 18.1. The zero-order valence-electron chi connectivity index (χ0n) is 28.4. The second kappa shape index (κ2) is 13.1. The third-order valence-electron chi connectivity index (χ3n) is 11.2. The molecule has 2 aliphatic carbocycles. The first-order chi connectivity index (χ1) is 25.5. The fourth-order valence-corrected chi connectivity index (χ4v) is 9.50. The summed E-state index contributed by atoms with van der Waals surface area (Å²) in [6, 6.07) is 22.9. The van der Waals surface area contributed by atoms with Gasteiger partial charge in [-0.3, -0.25) is 29.5 Å². The summed E-state index contributed by atoms with van der Waals surface area (Å²) < 4.78 is 10.9. The van der Waals surface area contributed by atoms with E-state index in [0.29, 0.717) is 43.9 Å². The lowest BCUT2D eigenvalue weighted by Gasteiger charge is -2.50.